The number of rotatable bonds is 6. The van der Waals surface area contributed by atoms with E-state index in [0.29, 0.717) is 5.54 Å². The molecule has 0 radical (unpaired) electrons. The minimum absolute atomic E-state index is 0.0525. The molecule has 0 amide bonds. The molecule has 0 bridgehead atoms. The zero-order chi connectivity index (χ0) is 34.1. The van der Waals surface area contributed by atoms with E-state index in [1.807, 2.05) is 14.2 Å². The van der Waals surface area contributed by atoms with Crippen molar-refractivity contribution >= 4 is 19.3 Å². The summed E-state index contributed by atoms with van der Waals surface area (Å²) in [6, 6.07) is 26.7. The number of ether oxygens (including phenoxy) is 2. The van der Waals surface area contributed by atoms with E-state index in [4.69, 9.17) is 9.47 Å². The Morgan fingerprint density at radius 3 is 1.66 bits per heavy atom. The molecular formula is C44H52O2Si. The topological polar surface area (TPSA) is 18.5 Å². The molecule has 1 unspecified atom stereocenters. The molecule has 1 atom stereocenters. The Morgan fingerprint density at radius 1 is 0.660 bits per heavy atom. The average Bonchev–Trinajstić information content (AvgIpc) is 3.54. The predicted octanol–water partition coefficient (Wildman–Crippen LogP) is 11.9. The summed E-state index contributed by atoms with van der Waals surface area (Å²) >= 11 is 0. The molecule has 0 saturated heterocycles. The van der Waals surface area contributed by atoms with Gasteiger partial charge in [-0.3, -0.25) is 0 Å². The Kier molecular flexibility index (Phi) is 8.24. The van der Waals surface area contributed by atoms with E-state index in [0.717, 1.165) is 17.9 Å². The van der Waals surface area contributed by atoms with Crippen molar-refractivity contribution in [2.75, 3.05) is 14.2 Å². The molecule has 0 heterocycles. The van der Waals surface area contributed by atoms with Crippen LogP contribution in [0.3, 0.4) is 0 Å². The van der Waals surface area contributed by atoms with Crippen molar-refractivity contribution in [1.29, 1.82) is 0 Å². The molecule has 0 N–H and O–H groups in total. The zero-order valence-corrected chi connectivity index (χ0v) is 31.6. The number of methoxy groups -OCH3 is 2. The molecule has 2 nitrogen and oxygen atoms in total. The van der Waals surface area contributed by atoms with E-state index >= 15 is 0 Å². The summed E-state index contributed by atoms with van der Waals surface area (Å²) in [4.78, 5) is 0. The normalized spacial score (nSPS) is 16.3. The third-order valence-corrected chi connectivity index (χ3v) is 14.6. The Balaban J connectivity index is 1.66. The van der Waals surface area contributed by atoms with Crippen LogP contribution in [0.2, 0.25) is 13.1 Å². The maximum absolute atomic E-state index is 6.40. The second kappa shape index (κ2) is 11.7. The smallest absolute Gasteiger partial charge is 0.131 e. The van der Waals surface area contributed by atoms with Crippen molar-refractivity contribution in [3.63, 3.8) is 0 Å². The van der Waals surface area contributed by atoms with Crippen molar-refractivity contribution in [2.24, 2.45) is 0 Å². The molecule has 0 aliphatic heterocycles. The fraction of sp³-hybridized carbons (Fsp3) is 0.364. The van der Waals surface area contributed by atoms with Crippen LogP contribution in [0, 0.1) is 0 Å². The average molecular weight is 641 g/mol. The van der Waals surface area contributed by atoms with Gasteiger partial charge in [0.25, 0.3) is 0 Å². The maximum Gasteiger partial charge on any atom is 0.131 e. The fourth-order valence-corrected chi connectivity index (χ4v) is 13.3. The quantitative estimate of drug-likeness (QED) is 0.195. The zero-order valence-electron chi connectivity index (χ0n) is 30.6. The third-order valence-electron chi connectivity index (χ3n) is 10.5. The van der Waals surface area contributed by atoms with Gasteiger partial charge in [-0.05, 0) is 70.5 Å². The third kappa shape index (κ3) is 5.41. The summed E-state index contributed by atoms with van der Waals surface area (Å²) in [5, 5.41) is 1.58. The summed E-state index contributed by atoms with van der Waals surface area (Å²) in [5.41, 5.74) is 16.3. The van der Waals surface area contributed by atoms with Gasteiger partial charge in [-0.1, -0.05) is 144 Å². The minimum Gasteiger partial charge on any atom is -0.496 e. The van der Waals surface area contributed by atoms with Crippen LogP contribution in [0.4, 0.5) is 0 Å². The van der Waals surface area contributed by atoms with Crippen LogP contribution in [-0.2, 0) is 17.3 Å². The number of benzene rings is 4. The van der Waals surface area contributed by atoms with Gasteiger partial charge in [-0.2, -0.15) is 0 Å². The first kappa shape index (κ1) is 33.1. The second-order valence-electron chi connectivity index (χ2n) is 16.3. The van der Waals surface area contributed by atoms with E-state index in [-0.39, 0.29) is 10.8 Å². The van der Waals surface area contributed by atoms with Gasteiger partial charge in [0.15, 0.2) is 0 Å². The van der Waals surface area contributed by atoms with Crippen LogP contribution in [0.15, 0.2) is 83.9 Å². The van der Waals surface area contributed by atoms with Crippen LogP contribution in [0.1, 0.15) is 94.3 Å². The van der Waals surface area contributed by atoms with E-state index in [9.17, 15) is 0 Å². The largest absolute Gasteiger partial charge is 0.496 e. The molecule has 2 aliphatic carbocycles. The van der Waals surface area contributed by atoms with Gasteiger partial charge in [0.05, 0.1) is 22.3 Å². The van der Waals surface area contributed by atoms with E-state index < -0.39 is 8.07 Å². The van der Waals surface area contributed by atoms with E-state index in [1.165, 1.54) is 66.8 Å². The van der Waals surface area contributed by atoms with E-state index in [2.05, 4.69) is 147 Å². The SMILES string of the molecule is COc1c(C(C)(C)C)cc2c(c1-c1ccccc1)C([Si](C)(C)C1C(C)=Cc3cc(C(C)(C)C)c(OC)c(-c4ccccc4)c31)=C(C)C2. The van der Waals surface area contributed by atoms with E-state index in [1.54, 1.807) is 5.20 Å². The van der Waals surface area contributed by atoms with Crippen molar-refractivity contribution in [3.8, 4) is 33.8 Å². The number of hydrogen-bond acceptors (Lipinski definition) is 2. The summed E-state index contributed by atoms with van der Waals surface area (Å²) in [6.45, 7) is 23.7. The van der Waals surface area contributed by atoms with Crippen LogP contribution in [-0.4, -0.2) is 22.3 Å². The molecule has 0 saturated carbocycles. The lowest BCUT2D eigenvalue weighted by molar-refractivity contribution is 0.398. The second-order valence-corrected chi connectivity index (χ2v) is 20.8. The fourth-order valence-electron chi connectivity index (χ4n) is 8.68. The highest BCUT2D eigenvalue weighted by Crippen LogP contribution is 2.58. The van der Waals surface area contributed by atoms with Gasteiger partial charge in [0.1, 0.15) is 11.5 Å². The molecule has 0 aromatic heterocycles. The number of hydrogen-bond donors (Lipinski definition) is 0. The Bertz CT molecular complexity index is 1910. The molecule has 244 valence electrons. The summed E-state index contributed by atoms with van der Waals surface area (Å²) < 4.78 is 12.8. The van der Waals surface area contributed by atoms with Gasteiger partial charge in [-0.15, -0.1) is 0 Å². The molecule has 4 aromatic rings. The monoisotopic (exact) mass is 640 g/mol. The van der Waals surface area contributed by atoms with Crippen LogP contribution >= 0.6 is 0 Å². The van der Waals surface area contributed by atoms with Crippen molar-refractivity contribution in [3.05, 3.63) is 117 Å². The molecular weight excluding hydrogens is 589 g/mol. The first-order valence-corrected chi connectivity index (χ1v) is 20.2. The van der Waals surface area contributed by atoms with Crippen LogP contribution < -0.4 is 9.47 Å². The highest BCUT2D eigenvalue weighted by Gasteiger charge is 2.47. The maximum atomic E-state index is 6.40. The van der Waals surface area contributed by atoms with Crippen LogP contribution in [0.25, 0.3) is 33.5 Å². The van der Waals surface area contributed by atoms with Crippen molar-refractivity contribution < 1.29 is 9.47 Å². The Hall–Kier alpha value is -3.82. The van der Waals surface area contributed by atoms with Crippen molar-refractivity contribution in [1.82, 2.24) is 0 Å². The van der Waals surface area contributed by atoms with Gasteiger partial charge >= 0.3 is 0 Å². The summed E-state index contributed by atoms with van der Waals surface area (Å²) in [6.07, 6.45) is 3.46. The molecule has 0 spiro atoms. The first-order chi connectivity index (χ1) is 22.1. The molecule has 47 heavy (non-hydrogen) atoms. The predicted molar refractivity (Wildman–Crippen MR) is 204 cm³/mol. The Labute approximate surface area is 284 Å². The molecule has 3 heteroatoms. The lowest BCUT2D eigenvalue weighted by atomic mass is 9.81. The highest BCUT2D eigenvalue weighted by molar-refractivity contribution is 6.96. The molecule has 0 fully saturated rings. The van der Waals surface area contributed by atoms with Gasteiger partial charge in [0.2, 0.25) is 0 Å². The molecule has 4 aromatic carbocycles. The number of fused-ring (bicyclic) bond motifs is 2. The lowest BCUT2D eigenvalue weighted by Gasteiger charge is -2.38. The van der Waals surface area contributed by atoms with Gasteiger partial charge in [0, 0.05) is 27.8 Å². The number of allylic oxidation sites excluding steroid dienone is 2. The van der Waals surface area contributed by atoms with Gasteiger partial charge < -0.3 is 9.47 Å². The van der Waals surface area contributed by atoms with Crippen molar-refractivity contribution in [2.45, 2.75) is 91.3 Å². The standard InChI is InChI=1S/C44H52O2Si/c1-27-23-31-25-33(43(3,4)5)39(45-9)35(29-19-15-13-16-20-29)37(31)41(27)47(11,12)42-28(2)24-32-26-34(44(6,7)8)40(46-10)36(38(32)42)30-21-17-14-18-22-30/h13-23,25-26,41H,24H2,1-12H3. The van der Waals surface area contributed by atoms with Gasteiger partial charge in [-0.25, -0.2) is 0 Å². The molecule has 6 rings (SSSR count). The highest BCUT2D eigenvalue weighted by atomic mass is 28.3. The summed E-state index contributed by atoms with van der Waals surface area (Å²) in [7, 11) is 1.41. The minimum atomic E-state index is -2.29. The first-order valence-electron chi connectivity index (χ1n) is 17.1. The summed E-state index contributed by atoms with van der Waals surface area (Å²) in [5.74, 6) is 2.03. The Morgan fingerprint density at radius 2 is 1.15 bits per heavy atom. The molecule has 2 aliphatic rings. The lowest BCUT2D eigenvalue weighted by Crippen LogP contribution is -2.38. The van der Waals surface area contributed by atoms with Crippen LogP contribution in [0.5, 0.6) is 11.5 Å².